The van der Waals surface area contributed by atoms with Crippen molar-refractivity contribution in [2.24, 2.45) is 7.05 Å². The Morgan fingerprint density at radius 2 is 2.11 bits per heavy atom. The number of fused-ring (bicyclic) bond motifs is 1. The fourth-order valence-corrected chi connectivity index (χ4v) is 2.49. The summed E-state index contributed by atoms with van der Waals surface area (Å²) < 4.78 is 2.06. The lowest BCUT2D eigenvalue weighted by molar-refractivity contribution is 0.127. The molecule has 0 aliphatic carbocycles. The third-order valence-corrected chi connectivity index (χ3v) is 3.76. The summed E-state index contributed by atoms with van der Waals surface area (Å²) in [5.41, 5.74) is 2.98. The Morgan fingerprint density at radius 1 is 1.37 bits per heavy atom. The van der Waals surface area contributed by atoms with Gasteiger partial charge < -0.3 is 15.0 Å². The van der Waals surface area contributed by atoms with Gasteiger partial charge in [-0.2, -0.15) is 0 Å². The molecule has 2 N–H and O–H groups in total. The number of nitrogens with one attached hydrogen (secondary N) is 1. The van der Waals surface area contributed by atoms with Crippen molar-refractivity contribution in [2.75, 3.05) is 6.54 Å². The molecule has 0 bridgehead atoms. The first-order valence-electron chi connectivity index (χ1n) is 6.92. The number of nitrogens with zero attached hydrogens (tertiary/aromatic N) is 2. The normalized spacial score (nSPS) is 14.8. The molecule has 2 atom stereocenters. The zero-order valence-electron chi connectivity index (χ0n) is 12.1. The lowest BCUT2D eigenvalue weighted by atomic mass is 10.00. The number of aryl methyl sites for hydroxylation is 2. The van der Waals surface area contributed by atoms with E-state index in [0.717, 1.165) is 35.4 Å². The molecular formula is C15H23N3O. The highest BCUT2D eigenvalue weighted by atomic mass is 16.3. The van der Waals surface area contributed by atoms with Crippen LogP contribution in [0.5, 0.6) is 0 Å². The summed E-state index contributed by atoms with van der Waals surface area (Å²) in [7, 11) is 2.01. The topological polar surface area (TPSA) is 50.1 Å². The second-order valence-corrected chi connectivity index (χ2v) is 4.98. The maximum absolute atomic E-state index is 10.4. The molecule has 1 aromatic heterocycles. The van der Waals surface area contributed by atoms with Crippen LogP contribution in [0.4, 0.5) is 0 Å². The zero-order valence-corrected chi connectivity index (χ0v) is 12.1. The molecule has 104 valence electrons. The second-order valence-electron chi connectivity index (χ2n) is 4.98. The summed E-state index contributed by atoms with van der Waals surface area (Å²) >= 11 is 0. The monoisotopic (exact) mass is 261 g/mol. The smallest absolute Gasteiger partial charge is 0.106 e. The zero-order chi connectivity index (χ0) is 14.0. The van der Waals surface area contributed by atoms with Crippen LogP contribution in [0.15, 0.2) is 18.2 Å². The van der Waals surface area contributed by atoms with Gasteiger partial charge in [0.05, 0.1) is 17.1 Å². The van der Waals surface area contributed by atoms with Gasteiger partial charge in [0.1, 0.15) is 5.82 Å². The van der Waals surface area contributed by atoms with Gasteiger partial charge in [0.25, 0.3) is 0 Å². The fourth-order valence-electron chi connectivity index (χ4n) is 2.49. The molecule has 0 fully saturated rings. The molecule has 2 rings (SSSR count). The summed E-state index contributed by atoms with van der Waals surface area (Å²) in [5.74, 6) is 0.986. The number of imidazole rings is 1. The van der Waals surface area contributed by atoms with E-state index in [1.807, 2.05) is 32.2 Å². The minimum atomic E-state index is -0.489. The van der Waals surface area contributed by atoms with E-state index in [1.165, 1.54) is 0 Å². The largest absolute Gasteiger partial charge is 0.387 e. The molecule has 2 unspecified atom stereocenters. The first-order valence-corrected chi connectivity index (χ1v) is 6.92. The van der Waals surface area contributed by atoms with Gasteiger partial charge in [-0.1, -0.05) is 19.9 Å². The van der Waals surface area contributed by atoms with Crippen LogP contribution < -0.4 is 5.32 Å². The van der Waals surface area contributed by atoms with Crippen molar-refractivity contribution in [1.82, 2.24) is 14.9 Å². The quantitative estimate of drug-likeness (QED) is 0.868. The maximum atomic E-state index is 10.4. The molecule has 0 aliphatic rings. The number of likely N-dealkylation sites (N-methyl/N-ethyl adjacent to an activating group) is 1. The predicted octanol–water partition coefficient (Wildman–Crippen LogP) is 2.30. The average Bonchev–Trinajstić information content (AvgIpc) is 2.70. The molecule has 0 aliphatic heterocycles. The van der Waals surface area contributed by atoms with Gasteiger partial charge in [-0.05, 0) is 37.6 Å². The molecular weight excluding hydrogens is 238 g/mol. The van der Waals surface area contributed by atoms with E-state index in [4.69, 9.17) is 0 Å². The van der Waals surface area contributed by atoms with E-state index in [1.54, 1.807) is 0 Å². The second kappa shape index (κ2) is 5.72. The van der Waals surface area contributed by atoms with Crippen LogP contribution in [0.3, 0.4) is 0 Å². The maximum Gasteiger partial charge on any atom is 0.106 e. The van der Waals surface area contributed by atoms with E-state index in [2.05, 4.69) is 28.7 Å². The summed E-state index contributed by atoms with van der Waals surface area (Å²) in [5, 5.41) is 13.8. The molecule has 0 amide bonds. The Hall–Kier alpha value is -1.39. The Labute approximate surface area is 114 Å². The molecule has 4 nitrogen and oxygen atoms in total. The van der Waals surface area contributed by atoms with E-state index in [-0.39, 0.29) is 6.04 Å². The number of aromatic nitrogens is 2. The lowest BCUT2D eigenvalue weighted by Crippen LogP contribution is -2.34. The van der Waals surface area contributed by atoms with E-state index in [9.17, 15) is 5.11 Å². The molecule has 1 heterocycles. The van der Waals surface area contributed by atoms with Crippen molar-refractivity contribution in [1.29, 1.82) is 0 Å². The molecule has 19 heavy (non-hydrogen) atoms. The summed E-state index contributed by atoms with van der Waals surface area (Å²) in [6, 6.07) is 6.11. The fraction of sp³-hybridized carbons (Fsp3) is 0.533. The summed E-state index contributed by atoms with van der Waals surface area (Å²) in [4.78, 5) is 4.52. The number of aliphatic hydroxyl groups excluding tert-OH is 1. The minimum Gasteiger partial charge on any atom is -0.387 e. The molecule has 4 heteroatoms. The first kappa shape index (κ1) is 14.0. The van der Waals surface area contributed by atoms with Crippen LogP contribution in [0.25, 0.3) is 11.0 Å². The van der Waals surface area contributed by atoms with Gasteiger partial charge in [0.2, 0.25) is 0 Å². The van der Waals surface area contributed by atoms with Crippen molar-refractivity contribution in [3.63, 3.8) is 0 Å². The standard InChI is InChI=1S/C15H23N3O/c1-5-12(16-6-2)15(19)11-7-8-14-13(9-11)17-10(3)18(14)4/h7-9,12,15-16,19H,5-6H2,1-4H3. The van der Waals surface area contributed by atoms with Crippen molar-refractivity contribution in [3.8, 4) is 0 Å². The van der Waals surface area contributed by atoms with Crippen molar-refractivity contribution < 1.29 is 5.11 Å². The first-order chi connectivity index (χ1) is 9.08. The SMILES string of the molecule is CCNC(CC)C(O)c1ccc2c(c1)nc(C)n2C. The molecule has 0 radical (unpaired) electrons. The minimum absolute atomic E-state index is 0.0901. The number of hydrogen-bond donors (Lipinski definition) is 2. The van der Waals surface area contributed by atoms with E-state index in [0.29, 0.717) is 0 Å². The van der Waals surface area contributed by atoms with Gasteiger partial charge >= 0.3 is 0 Å². The molecule has 0 saturated carbocycles. The predicted molar refractivity (Wildman–Crippen MR) is 78.2 cm³/mol. The van der Waals surface area contributed by atoms with Gasteiger partial charge in [-0.25, -0.2) is 4.98 Å². The molecule has 0 spiro atoms. The van der Waals surface area contributed by atoms with Crippen LogP contribution in [-0.2, 0) is 7.05 Å². The molecule has 0 saturated heterocycles. The van der Waals surface area contributed by atoms with Crippen LogP contribution in [-0.4, -0.2) is 27.2 Å². The Balaban J connectivity index is 2.34. The molecule has 2 aromatic rings. The van der Waals surface area contributed by atoms with Gasteiger partial charge in [-0.3, -0.25) is 0 Å². The van der Waals surface area contributed by atoms with E-state index >= 15 is 0 Å². The number of benzene rings is 1. The van der Waals surface area contributed by atoms with Crippen molar-refractivity contribution in [2.45, 2.75) is 39.3 Å². The van der Waals surface area contributed by atoms with Gasteiger partial charge in [0.15, 0.2) is 0 Å². The van der Waals surface area contributed by atoms with E-state index < -0.39 is 6.10 Å². The van der Waals surface area contributed by atoms with Crippen LogP contribution in [0.2, 0.25) is 0 Å². The summed E-state index contributed by atoms with van der Waals surface area (Å²) in [6.07, 6.45) is 0.408. The Bertz CT molecular complexity index is 562. The molecule has 1 aromatic carbocycles. The van der Waals surface area contributed by atoms with Crippen molar-refractivity contribution in [3.05, 3.63) is 29.6 Å². The third kappa shape index (κ3) is 2.65. The van der Waals surface area contributed by atoms with Crippen LogP contribution in [0, 0.1) is 6.92 Å². The number of aliphatic hydroxyl groups is 1. The highest BCUT2D eigenvalue weighted by Crippen LogP contribution is 2.23. The highest BCUT2D eigenvalue weighted by molar-refractivity contribution is 5.76. The highest BCUT2D eigenvalue weighted by Gasteiger charge is 2.19. The summed E-state index contributed by atoms with van der Waals surface area (Å²) in [6.45, 7) is 6.99. The van der Waals surface area contributed by atoms with Gasteiger partial charge in [-0.15, -0.1) is 0 Å². The number of hydrogen-bond acceptors (Lipinski definition) is 3. The average molecular weight is 261 g/mol. The Kier molecular flexibility index (Phi) is 4.22. The van der Waals surface area contributed by atoms with Crippen LogP contribution >= 0.6 is 0 Å². The van der Waals surface area contributed by atoms with Crippen molar-refractivity contribution >= 4 is 11.0 Å². The third-order valence-electron chi connectivity index (χ3n) is 3.76. The van der Waals surface area contributed by atoms with Crippen LogP contribution in [0.1, 0.15) is 37.8 Å². The Morgan fingerprint density at radius 3 is 2.74 bits per heavy atom. The lowest BCUT2D eigenvalue weighted by Gasteiger charge is -2.22. The van der Waals surface area contributed by atoms with Gasteiger partial charge in [0, 0.05) is 13.1 Å². The number of rotatable bonds is 5.